The first-order valence-electron chi connectivity index (χ1n) is 17.2. The van der Waals surface area contributed by atoms with Crippen molar-refractivity contribution in [3.8, 4) is 11.5 Å². The van der Waals surface area contributed by atoms with Gasteiger partial charge in [0.25, 0.3) is 0 Å². The largest absolute Gasteiger partial charge is 0.497 e. The zero-order chi connectivity index (χ0) is 37.5. The van der Waals surface area contributed by atoms with Crippen LogP contribution >= 0.6 is 0 Å². The number of nitrogens with one attached hydrogen (secondary N) is 2. The van der Waals surface area contributed by atoms with Crippen LogP contribution in [0.5, 0.6) is 11.5 Å². The predicted octanol–water partition coefficient (Wildman–Crippen LogP) is 9.36. The molecule has 0 saturated carbocycles. The molecule has 8 aromatic rings. The van der Waals surface area contributed by atoms with E-state index < -0.39 is 5.97 Å². The molecule has 4 aromatic heterocycles. The molecule has 8 rings (SSSR count). The van der Waals surface area contributed by atoms with E-state index in [9.17, 15) is 9.59 Å². The van der Waals surface area contributed by atoms with Gasteiger partial charge in [-0.15, -0.1) is 0 Å². The summed E-state index contributed by atoms with van der Waals surface area (Å²) in [6.45, 7) is 4.48. The number of hydrogen-bond donors (Lipinski definition) is 4. The van der Waals surface area contributed by atoms with E-state index >= 15 is 0 Å². The molecular formula is C44H45N5O5. The van der Waals surface area contributed by atoms with Crippen LogP contribution in [0.4, 0.5) is 0 Å². The number of carboxylic acid groups (broad SMARTS) is 1. The van der Waals surface area contributed by atoms with Crippen LogP contribution in [0, 0.1) is 13.8 Å². The van der Waals surface area contributed by atoms with E-state index in [1.807, 2.05) is 105 Å². The first-order valence-corrected chi connectivity index (χ1v) is 17.2. The monoisotopic (exact) mass is 723 g/mol. The van der Waals surface area contributed by atoms with Crippen LogP contribution in [0.2, 0.25) is 0 Å². The fourth-order valence-electron chi connectivity index (χ4n) is 6.27. The van der Waals surface area contributed by atoms with Crippen LogP contribution in [0.1, 0.15) is 57.1 Å². The maximum absolute atomic E-state index is 12.6. The van der Waals surface area contributed by atoms with Crippen LogP contribution in [-0.2, 0) is 13.0 Å². The second-order valence-electron chi connectivity index (χ2n) is 12.5. The number of methoxy groups -OCH3 is 2. The molecule has 4 aromatic carbocycles. The Morgan fingerprint density at radius 1 is 0.667 bits per heavy atom. The molecular weight excluding hydrogens is 679 g/mol. The van der Waals surface area contributed by atoms with Gasteiger partial charge in [0, 0.05) is 63.5 Å². The zero-order valence-corrected chi connectivity index (χ0v) is 30.1. The lowest BCUT2D eigenvalue weighted by molar-refractivity contribution is 0.0696. The average Bonchev–Trinajstić information content (AvgIpc) is 3.77. The van der Waals surface area contributed by atoms with Gasteiger partial charge in [0.05, 0.1) is 42.2 Å². The van der Waals surface area contributed by atoms with Crippen LogP contribution in [-0.4, -0.2) is 51.0 Å². The van der Waals surface area contributed by atoms with Crippen LogP contribution in [0.3, 0.4) is 0 Å². The molecule has 54 heavy (non-hydrogen) atoms. The molecule has 4 heterocycles. The Bertz CT molecular complexity index is 2550. The molecule has 0 aliphatic heterocycles. The number of rotatable bonds is 8. The number of fused-ring (bicyclic) bond motifs is 6. The van der Waals surface area contributed by atoms with Gasteiger partial charge in [-0.05, 0) is 86.0 Å². The number of aryl methyl sites for hydroxylation is 3. The van der Waals surface area contributed by atoms with E-state index in [2.05, 4.69) is 19.9 Å². The number of pyridine rings is 2. The highest BCUT2D eigenvalue weighted by atomic mass is 16.5. The maximum atomic E-state index is 12.6. The summed E-state index contributed by atoms with van der Waals surface area (Å²) < 4.78 is 10.2. The SMILES string of the molecule is C.COc1cccc(CCC(=O)c2ccc3c(c2)[nH]c2c(C)nccc23)c1.COc1cccc(CN)c1.Cc1nccc2c1[nH]c1cc(C(=O)O)ccc12. The van der Waals surface area contributed by atoms with Gasteiger partial charge < -0.3 is 30.3 Å². The van der Waals surface area contributed by atoms with Crippen molar-refractivity contribution < 1.29 is 24.2 Å². The van der Waals surface area contributed by atoms with Crippen LogP contribution < -0.4 is 15.2 Å². The number of ether oxygens (including phenoxy) is 2. The second kappa shape index (κ2) is 17.3. The van der Waals surface area contributed by atoms with Gasteiger partial charge in [0.15, 0.2) is 5.78 Å². The van der Waals surface area contributed by atoms with Gasteiger partial charge in [-0.2, -0.15) is 0 Å². The van der Waals surface area contributed by atoms with Crippen molar-refractivity contribution >= 4 is 55.4 Å². The molecule has 0 saturated heterocycles. The smallest absolute Gasteiger partial charge is 0.335 e. The molecule has 5 N–H and O–H groups in total. The van der Waals surface area contributed by atoms with Gasteiger partial charge in [-0.25, -0.2) is 4.79 Å². The summed E-state index contributed by atoms with van der Waals surface area (Å²) in [4.78, 5) is 38.7. The summed E-state index contributed by atoms with van der Waals surface area (Å²) >= 11 is 0. The quantitative estimate of drug-likeness (QED) is 0.113. The molecule has 10 heteroatoms. The number of ketones is 1. The molecule has 276 valence electrons. The minimum Gasteiger partial charge on any atom is -0.497 e. The molecule has 0 radical (unpaired) electrons. The van der Waals surface area contributed by atoms with E-state index in [1.165, 1.54) is 0 Å². The average molecular weight is 724 g/mol. The lowest BCUT2D eigenvalue weighted by Gasteiger charge is -2.05. The summed E-state index contributed by atoms with van der Waals surface area (Å²) in [7, 11) is 3.30. The topological polar surface area (TPSA) is 156 Å². The number of aromatic nitrogens is 4. The summed E-state index contributed by atoms with van der Waals surface area (Å²) in [6, 6.07) is 30.5. The molecule has 0 aliphatic rings. The summed E-state index contributed by atoms with van der Waals surface area (Å²) in [6.07, 6.45) is 4.75. The molecule has 0 amide bonds. The Kier molecular flexibility index (Phi) is 12.4. The predicted molar refractivity (Wildman–Crippen MR) is 217 cm³/mol. The van der Waals surface area contributed by atoms with Gasteiger partial charge in [-0.3, -0.25) is 14.8 Å². The van der Waals surface area contributed by atoms with Crippen LogP contribution in [0.25, 0.3) is 43.6 Å². The minimum absolute atomic E-state index is 0. The third-order valence-electron chi connectivity index (χ3n) is 9.13. The number of Topliss-reactive ketones (excluding diaryl/α,β-unsaturated/α-hetero) is 1. The van der Waals surface area contributed by atoms with Gasteiger partial charge in [-0.1, -0.05) is 49.9 Å². The van der Waals surface area contributed by atoms with E-state index in [0.29, 0.717) is 19.4 Å². The number of aromatic carboxylic acids is 1. The Morgan fingerprint density at radius 2 is 1.17 bits per heavy atom. The molecule has 0 bridgehead atoms. The van der Waals surface area contributed by atoms with Gasteiger partial charge in [0.2, 0.25) is 0 Å². The number of nitrogens with two attached hydrogens (primary N) is 1. The summed E-state index contributed by atoms with van der Waals surface area (Å²) in [5, 5.41) is 13.3. The van der Waals surface area contributed by atoms with Crippen molar-refractivity contribution in [1.82, 2.24) is 19.9 Å². The number of hydrogen-bond acceptors (Lipinski definition) is 7. The molecule has 10 nitrogen and oxygen atoms in total. The van der Waals surface area contributed by atoms with E-state index in [-0.39, 0.29) is 18.8 Å². The van der Waals surface area contributed by atoms with E-state index in [1.54, 1.807) is 32.5 Å². The number of carbonyl (C=O) groups excluding carboxylic acids is 1. The highest BCUT2D eigenvalue weighted by molar-refractivity contribution is 6.10. The first-order chi connectivity index (χ1) is 25.7. The molecule has 0 aliphatic carbocycles. The fourth-order valence-corrected chi connectivity index (χ4v) is 6.27. The van der Waals surface area contributed by atoms with Crippen molar-refractivity contribution in [3.63, 3.8) is 0 Å². The number of carbonyl (C=O) groups is 2. The Morgan fingerprint density at radius 3 is 1.69 bits per heavy atom. The van der Waals surface area contributed by atoms with Crippen LogP contribution in [0.15, 0.2) is 109 Å². The number of H-pyrrole nitrogens is 2. The van der Waals surface area contributed by atoms with Gasteiger partial charge in [0.1, 0.15) is 11.5 Å². The van der Waals surface area contributed by atoms with Crippen molar-refractivity contribution in [2.45, 2.75) is 40.7 Å². The lowest BCUT2D eigenvalue weighted by Crippen LogP contribution is -2.01. The Hall–Kier alpha value is -6.52. The van der Waals surface area contributed by atoms with Gasteiger partial charge >= 0.3 is 5.97 Å². The van der Waals surface area contributed by atoms with Crippen molar-refractivity contribution in [1.29, 1.82) is 0 Å². The van der Waals surface area contributed by atoms with Crippen molar-refractivity contribution in [3.05, 3.63) is 143 Å². The summed E-state index contributed by atoms with van der Waals surface area (Å²) in [5.74, 6) is 0.907. The number of benzene rings is 4. The highest BCUT2D eigenvalue weighted by Gasteiger charge is 2.12. The molecule has 0 unspecified atom stereocenters. The molecule has 0 spiro atoms. The fraction of sp³-hybridized carbons (Fsp3) is 0.182. The molecule has 0 atom stereocenters. The normalized spacial score (nSPS) is 10.6. The summed E-state index contributed by atoms with van der Waals surface area (Å²) in [5.41, 5.74) is 14.3. The standard InChI is InChI=1S/C22H20N2O2.C13H10N2O2.C8H11NO.CH4/c1-14-22-19(10-11-23-14)18-8-7-16(13-20(18)24-22)21(25)9-6-15-4-3-5-17(12-15)26-2;1-7-12-10(4-5-14-7)9-3-2-8(13(16)17)6-11(9)15-12;1-10-8-4-2-3-7(5-8)6-9;/h3-5,7-8,10-13,24H,6,9H2,1-2H3;2-6,15H,1H3,(H,16,17);2-5H,6,9H2,1H3;1H4. The number of aromatic amines is 2. The van der Waals surface area contributed by atoms with Crippen molar-refractivity contribution in [2.24, 2.45) is 5.73 Å². The van der Waals surface area contributed by atoms with Crippen molar-refractivity contribution in [2.75, 3.05) is 14.2 Å². The number of nitrogens with zero attached hydrogens (tertiary/aromatic N) is 2. The number of carboxylic acids is 1. The second-order valence-corrected chi connectivity index (χ2v) is 12.5. The Balaban J connectivity index is 0.000000172. The van der Waals surface area contributed by atoms with E-state index in [4.69, 9.17) is 20.3 Å². The zero-order valence-electron chi connectivity index (χ0n) is 30.1. The lowest BCUT2D eigenvalue weighted by atomic mass is 10.0. The molecule has 0 fully saturated rings. The Labute approximate surface area is 314 Å². The third-order valence-corrected chi connectivity index (χ3v) is 9.13. The maximum Gasteiger partial charge on any atom is 0.335 e. The first kappa shape index (κ1) is 38.7. The van der Waals surface area contributed by atoms with E-state index in [0.717, 1.165) is 83.2 Å². The minimum atomic E-state index is -0.916. The third kappa shape index (κ3) is 8.57. The highest BCUT2D eigenvalue weighted by Crippen LogP contribution is 2.29.